The van der Waals surface area contributed by atoms with Crippen molar-refractivity contribution < 1.29 is 4.74 Å². The van der Waals surface area contributed by atoms with Crippen LogP contribution in [0.5, 0.6) is 5.75 Å². The van der Waals surface area contributed by atoms with Gasteiger partial charge in [-0.25, -0.2) is 0 Å². The van der Waals surface area contributed by atoms with Gasteiger partial charge in [-0.2, -0.15) is 0 Å². The third-order valence-electron chi connectivity index (χ3n) is 3.33. The van der Waals surface area contributed by atoms with E-state index in [1.807, 2.05) is 24.4 Å². The second kappa shape index (κ2) is 8.54. The number of aromatic nitrogens is 1. The van der Waals surface area contributed by atoms with E-state index in [4.69, 9.17) is 4.74 Å². The normalized spacial score (nSPS) is 10.8. The Hall–Kier alpha value is -1.61. The number of ether oxygens (including phenoxy) is 1. The third-order valence-corrected chi connectivity index (χ3v) is 3.33. The maximum Gasteiger partial charge on any atom is 0.121 e. The van der Waals surface area contributed by atoms with Crippen molar-refractivity contribution >= 4 is 10.9 Å². The maximum absolute atomic E-state index is 5.74. The minimum Gasteiger partial charge on any atom is -0.492 e. The van der Waals surface area contributed by atoms with Gasteiger partial charge in [0.15, 0.2) is 0 Å². The van der Waals surface area contributed by atoms with Crippen molar-refractivity contribution in [2.45, 2.75) is 32.6 Å². The second-order valence-corrected chi connectivity index (χ2v) is 5.02. The predicted molar refractivity (Wildman–Crippen MR) is 84.2 cm³/mol. The fraction of sp³-hybridized carbons (Fsp3) is 0.471. The summed E-state index contributed by atoms with van der Waals surface area (Å²) >= 11 is 0. The van der Waals surface area contributed by atoms with Gasteiger partial charge in [0, 0.05) is 24.2 Å². The fourth-order valence-corrected chi connectivity index (χ4v) is 2.18. The summed E-state index contributed by atoms with van der Waals surface area (Å²) < 4.78 is 5.74. The summed E-state index contributed by atoms with van der Waals surface area (Å²) in [7, 11) is 0. The van der Waals surface area contributed by atoms with Crippen LogP contribution >= 0.6 is 0 Å². The average molecular weight is 272 g/mol. The lowest BCUT2D eigenvalue weighted by Gasteiger charge is -2.08. The van der Waals surface area contributed by atoms with E-state index in [-0.39, 0.29) is 0 Å². The van der Waals surface area contributed by atoms with Gasteiger partial charge in [0.2, 0.25) is 0 Å². The Labute approximate surface area is 121 Å². The van der Waals surface area contributed by atoms with Crippen molar-refractivity contribution in [3.8, 4) is 5.75 Å². The summed E-state index contributed by atoms with van der Waals surface area (Å²) in [5.41, 5.74) is 0.984. The molecule has 0 radical (unpaired) electrons. The second-order valence-electron chi connectivity index (χ2n) is 5.02. The van der Waals surface area contributed by atoms with Crippen LogP contribution in [0, 0.1) is 0 Å². The Morgan fingerprint density at radius 3 is 2.95 bits per heavy atom. The molecule has 0 amide bonds. The van der Waals surface area contributed by atoms with Gasteiger partial charge in [-0.1, -0.05) is 32.3 Å². The number of hydrogen-bond donors (Lipinski definition) is 1. The predicted octanol–water partition coefficient (Wildman–Crippen LogP) is 3.78. The van der Waals surface area contributed by atoms with Crippen LogP contribution in [-0.4, -0.2) is 24.7 Å². The van der Waals surface area contributed by atoms with Gasteiger partial charge in [-0.05, 0) is 31.2 Å². The van der Waals surface area contributed by atoms with Gasteiger partial charge in [-0.15, -0.1) is 0 Å². The minimum atomic E-state index is 0.701. The molecule has 3 nitrogen and oxygen atoms in total. The Kier molecular flexibility index (Phi) is 6.32. The van der Waals surface area contributed by atoms with Crippen molar-refractivity contribution in [2.75, 3.05) is 19.7 Å². The Morgan fingerprint density at radius 2 is 2.05 bits per heavy atom. The Bertz CT molecular complexity index is 513. The number of hydrogen-bond acceptors (Lipinski definition) is 3. The van der Waals surface area contributed by atoms with Crippen LogP contribution in [0.1, 0.15) is 32.6 Å². The zero-order valence-electron chi connectivity index (χ0n) is 12.3. The lowest BCUT2D eigenvalue weighted by Crippen LogP contribution is -2.22. The number of nitrogens with zero attached hydrogens (tertiary/aromatic N) is 1. The quantitative estimate of drug-likeness (QED) is 0.705. The topological polar surface area (TPSA) is 34.1 Å². The molecule has 0 bridgehead atoms. The van der Waals surface area contributed by atoms with Crippen LogP contribution in [0.15, 0.2) is 36.5 Å². The number of fused-ring (bicyclic) bond motifs is 1. The molecule has 3 heteroatoms. The lowest BCUT2D eigenvalue weighted by molar-refractivity contribution is 0.314. The molecule has 20 heavy (non-hydrogen) atoms. The van der Waals surface area contributed by atoms with E-state index in [2.05, 4.69) is 29.4 Å². The zero-order chi connectivity index (χ0) is 14.0. The van der Waals surface area contributed by atoms with Crippen molar-refractivity contribution in [3.05, 3.63) is 36.5 Å². The van der Waals surface area contributed by atoms with E-state index in [1.54, 1.807) is 0 Å². The van der Waals surface area contributed by atoms with Gasteiger partial charge in [0.1, 0.15) is 12.4 Å². The number of pyridine rings is 1. The molecule has 1 N–H and O–H groups in total. The van der Waals surface area contributed by atoms with E-state index >= 15 is 0 Å². The molecule has 0 fully saturated rings. The monoisotopic (exact) mass is 272 g/mol. The Balaban J connectivity index is 1.65. The van der Waals surface area contributed by atoms with Gasteiger partial charge in [-0.3, -0.25) is 4.98 Å². The molecule has 108 valence electrons. The van der Waals surface area contributed by atoms with E-state index in [1.165, 1.54) is 25.7 Å². The molecule has 0 atom stereocenters. The average Bonchev–Trinajstić information content (AvgIpc) is 2.50. The molecule has 0 aliphatic carbocycles. The van der Waals surface area contributed by atoms with E-state index in [0.29, 0.717) is 6.61 Å². The van der Waals surface area contributed by atoms with Gasteiger partial charge < -0.3 is 10.1 Å². The van der Waals surface area contributed by atoms with Crippen molar-refractivity contribution in [1.29, 1.82) is 0 Å². The van der Waals surface area contributed by atoms with Crippen LogP contribution in [0.3, 0.4) is 0 Å². The first-order valence-corrected chi connectivity index (χ1v) is 7.58. The van der Waals surface area contributed by atoms with Gasteiger partial charge in [0.05, 0.1) is 5.52 Å². The van der Waals surface area contributed by atoms with E-state index in [9.17, 15) is 0 Å². The highest BCUT2D eigenvalue weighted by Gasteiger charge is 1.97. The zero-order valence-corrected chi connectivity index (χ0v) is 12.3. The van der Waals surface area contributed by atoms with E-state index in [0.717, 1.165) is 29.7 Å². The van der Waals surface area contributed by atoms with Crippen LogP contribution in [0.4, 0.5) is 0 Å². The lowest BCUT2D eigenvalue weighted by atomic mass is 10.2. The molecule has 1 aromatic carbocycles. The van der Waals surface area contributed by atoms with Gasteiger partial charge >= 0.3 is 0 Å². The highest BCUT2D eigenvalue weighted by Crippen LogP contribution is 2.18. The molecule has 0 spiro atoms. The van der Waals surface area contributed by atoms with Crippen molar-refractivity contribution in [3.63, 3.8) is 0 Å². The molecule has 2 rings (SSSR count). The van der Waals surface area contributed by atoms with Crippen LogP contribution in [-0.2, 0) is 0 Å². The summed E-state index contributed by atoms with van der Waals surface area (Å²) in [5, 5.41) is 4.56. The summed E-state index contributed by atoms with van der Waals surface area (Å²) in [4.78, 5) is 4.33. The highest BCUT2D eigenvalue weighted by atomic mass is 16.5. The SMILES string of the molecule is CCCCCCNCCOc1ccc2cccnc2c1. The molecule has 0 aliphatic heterocycles. The summed E-state index contributed by atoms with van der Waals surface area (Å²) in [5.74, 6) is 0.893. The van der Waals surface area contributed by atoms with Crippen LogP contribution < -0.4 is 10.1 Å². The summed E-state index contributed by atoms with van der Waals surface area (Å²) in [6.45, 7) is 4.92. The molecule has 2 aromatic rings. The number of rotatable bonds is 9. The molecular weight excluding hydrogens is 248 g/mol. The molecule has 0 saturated carbocycles. The van der Waals surface area contributed by atoms with Gasteiger partial charge in [0.25, 0.3) is 0 Å². The minimum absolute atomic E-state index is 0.701. The van der Waals surface area contributed by atoms with Crippen molar-refractivity contribution in [1.82, 2.24) is 10.3 Å². The molecular formula is C17H24N2O. The van der Waals surface area contributed by atoms with Crippen molar-refractivity contribution in [2.24, 2.45) is 0 Å². The molecule has 0 aliphatic rings. The number of benzene rings is 1. The summed E-state index contributed by atoms with van der Waals surface area (Å²) in [6, 6.07) is 10.1. The molecule has 0 saturated heterocycles. The summed E-state index contributed by atoms with van der Waals surface area (Å²) in [6.07, 6.45) is 7.01. The molecule has 1 heterocycles. The molecule has 1 aromatic heterocycles. The first-order valence-electron chi connectivity index (χ1n) is 7.58. The van der Waals surface area contributed by atoms with Crippen LogP contribution in [0.25, 0.3) is 10.9 Å². The van der Waals surface area contributed by atoms with E-state index < -0.39 is 0 Å². The number of nitrogens with one attached hydrogen (secondary N) is 1. The standard InChI is InChI=1S/C17H24N2O/c1-2-3-4-5-10-18-12-13-20-16-9-8-15-7-6-11-19-17(15)14-16/h6-9,11,14,18H,2-5,10,12-13H2,1H3. The first kappa shape index (κ1) is 14.8. The maximum atomic E-state index is 5.74. The third kappa shape index (κ3) is 4.82. The fourth-order valence-electron chi connectivity index (χ4n) is 2.18. The Morgan fingerprint density at radius 1 is 1.10 bits per heavy atom. The highest BCUT2D eigenvalue weighted by molar-refractivity contribution is 5.79. The molecule has 0 unspecified atom stereocenters. The first-order chi connectivity index (χ1) is 9.90. The largest absolute Gasteiger partial charge is 0.492 e. The van der Waals surface area contributed by atoms with Crippen LogP contribution in [0.2, 0.25) is 0 Å². The smallest absolute Gasteiger partial charge is 0.121 e. The number of unbranched alkanes of at least 4 members (excludes halogenated alkanes) is 3.